The number of aldehydes is 1. The molecule has 0 spiro atoms. The lowest BCUT2D eigenvalue weighted by molar-refractivity contribution is -0.137. The standard InChI is InChI=1S/C16H11F3O2S/c1-21-15(22)14-5-3-2-4-13(14)12-7-6-11(16(17,18)19)8-10(12)9-20/h2-9H,1H3. The highest BCUT2D eigenvalue weighted by atomic mass is 32.1. The first kappa shape index (κ1) is 16.2. The number of carbonyl (C=O) groups excluding carboxylic acids is 1. The van der Waals surface area contributed by atoms with Gasteiger partial charge in [0, 0.05) is 11.1 Å². The number of thiocarbonyl (C=S) groups is 1. The van der Waals surface area contributed by atoms with Crippen molar-refractivity contribution in [3.05, 3.63) is 59.2 Å². The summed E-state index contributed by atoms with van der Waals surface area (Å²) in [6.07, 6.45) is -4.10. The van der Waals surface area contributed by atoms with Crippen LogP contribution in [-0.4, -0.2) is 18.4 Å². The van der Waals surface area contributed by atoms with Crippen molar-refractivity contribution in [1.82, 2.24) is 0 Å². The molecule has 2 aromatic carbocycles. The van der Waals surface area contributed by atoms with E-state index in [9.17, 15) is 18.0 Å². The summed E-state index contributed by atoms with van der Waals surface area (Å²) in [7, 11) is 1.41. The number of carbonyl (C=O) groups is 1. The summed E-state index contributed by atoms with van der Waals surface area (Å²) in [5, 5.41) is 0.201. The number of ether oxygens (including phenoxy) is 1. The summed E-state index contributed by atoms with van der Waals surface area (Å²) in [4.78, 5) is 11.2. The quantitative estimate of drug-likeness (QED) is 0.614. The van der Waals surface area contributed by atoms with Crippen LogP contribution in [0.25, 0.3) is 11.1 Å². The molecule has 0 saturated carbocycles. The van der Waals surface area contributed by atoms with Crippen LogP contribution in [0.5, 0.6) is 0 Å². The minimum absolute atomic E-state index is 0.0545. The van der Waals surface area contributed by atoms with Crippen LogP contribution < -0.4 is 0 Å². The lowest BCUT2D eigenvalue weighted by atomic mass is 9.94. The van der Waals surface area contributed by atoms with Gasteiger partial charge in [0.25, 0.3) is 0 Å². The van der Waals surface area contributed by atoms with Crippen LogP contribution in [0.2, 0.25) is 0 Å². The molecule has 0 amide bonds. The van der Waals surface area contributed by atoms with Gasteiger partial charge >= 0.3 is 6.18 Å². The maximum Gasteiger partial charge on any atom is 0.416 e. The molecule has 2 nitrogen and oxygen atoms in total. The van der Waals surface area contributed by atoms with Gasteiger partial charge < -0.3 is 4.74 Å². The van der Waals surface area contributed by atoms with Crippen LogP contribution in [0.1, 0.15) is 21.5 Å². The summed E-state index contributed by atoms with van der Waals surface area (Å²) in [6.45, 7) is 0. The van der Waals surface area contributed by atoms with Crippen molar-refractivity contribution in [2.75, 3.05) is 7.11 Å². The van der Waals surface area contributed by atoms with E-state index in [2.05, 4.69) is 0 Å². The number of alkyl halides is 3. The summed E-state index contributed by atoms with van der Waals surface area (Å²) in [5.41, 5.74) is 0.539. The zero-order valence-corrected chi connectivity index (χ0v) is 12.3. The van der Waals surface area contributed by atoms with Crippen LogP contribution >= 0.6 is 12.2 Å². The predicted molar refractivity (Wildman–Crippen MR) is 81.0 cm³/mol. The second-order valence-electron chi connectivity index (χ2n) is 4.45. The fraction of sp³-hybridized carbons (Fsp3) is 0.125. The van der Waals surface area contributed by atoms with Crippen molar-refractivity contribution >= 4 is 23.6 Å². The van der Waals surface area contributed by atoms with E-state index < -0.39 is 11.7 Å². The van der Waals surface area contributed by atoms with Crippen molar-refractivity contribution < 1.29 is 22.7 Å². The third kappa shape index (κ3) is 3.17. The number of hydrogen-bond acceptors (Lipinski definition) is 3. The Morgan fingerprint density at radius 1 is 1.14 bits per heavy atom. The Kier molecular flexibility index (Phi) is 4.61. The average molecular weight is 324 g/mol. The Bertz CT molecular complexity index is 724. The molecule has 0 saturated heterocycles. The predicted octanol–water partition coefficient (Wildman–Crippen LogP) is 4.51. The first-order chi connectivity index (χ1) is 10.4. The second kappa shape index (κ2) is 6.27. The van der Waals surface area contributed by atoms with Gasteiger partial charge in [0.05, 0.1) is 12.7 Å². The molecule has 0 unspecified atom stereocenters. The highest BCUT2D eigenvalue weighted by Crippen LogP contribution is 2.34. The number of halogens is 3. The third-order valence-electron chi connectivity index (χ3n) is 3.13. The molecule has 0 bridgehead atoms. The van der Waals surface area contributed by atoms with Crippen LogP contribution in [-0.2, 0) is 10.9 Å². The number of hydrogen-bond donors (Lipinski definition) is 0. The van der Waals surface area contributed by atoms with Gasteiger partial charge in [-0.2, -0.15) is 13.2 Å². The first-order valence-electron chi connectivity index (χ1n) is 6.22. The molecule has 0 radical (unpaired) electrons. The molecule has 2 rings (SSSR count). The van der Waals surface area contributed by atoms with E-state index >= 15 is 0 Å². The van der Waals surface area contributed by atoms with Gasteiger partial charge in [-0.3, -0.25) is 4.79 Å². The minimum atomic E-state index is -4.50. The van der Waals surface area contributed by atoms with Crippen molar-refractivity contribution in [2.45, 2.75) is 6.18 Å². The summed E-state index contributed by atoms with van der Waals surface area (Å²) < 4.78 is 43.2. The molecule has 6 heteroatoms. The summed E-state index contributed by atoms with van der Waals surface area (Å²) in [6, 6.07) is 9.84. The Hall–Kier alpha value is -2.21. The molecule has 0 heterocycles. The highest BCUT2D eigenvalue weighted by molar-refractivity contribution is 7.80. The normalized spacial score (nSPS) is 11.1. The smallest absolute Gasteiger partial charge is 0.416 e. The van der Waals surface area contributed by atoms with Gasteiger partial charge in [0.2, 0.25) is 0 Å². The number of methoxy groups -OCH3 is 1. The van der Waals surface area contributed by atoms with E-state index in [1.165, 1.54) is 13.2 Å². The fourth-order valence-corrected chi connectivity index (χ4v) is 2.27. The Balaban J connectivity index is 2.64. The summed E-state index contributed by atoms with van der Waals surface area (Å²) >= 11 is 5.08. The number of benzene rings is 2. The van der Waals surface area contributed by atoms with Gasteiger partial charge in [-0.25, -0.2) is 0 Å². The molecule has 0 fully saturated rings. The first-order valence-corrected chi connectivity index (χ1v) is 6.63. The molecule has 2 aromatic rings. The van der Waals surface area contributed by atoms with Crippen LogP contribution in [0.3, 0.4) is 0 Å². The van der Waals surface area contributed by atoms with Crippen LogP contribution in [0.4, 0.5) is 13.2 Å². The maximum absolute atomic E-state index is 12.7. The Morgan fingerprint density at radius 2 is 1.82 bits per heavy atom. The lowest BCUT2D eigenvalue weighted by Gasteiger charge is -2.14. The fourth-order valence-electron chi connectivity index (χ4n) is 2.09. The van der Waals surface area contributed by atoms with Crippen LogP contribution in [0, 0.1) is 0 Å². The minimum Gasteiger partial charge on any atom is -0.486 e. The molecule has 0 aliphatic rings. The van der Waals surface area contributed by atoms with E-state index in [-0.39, 0.29) is 10.6 Å². The molecule has 114 valence electrons. The van der Waals surface area contributed by atoms with Crippen molar-refractivity contribution in [3.63, 3.8) is 0 Å². The van der Waals surface area contributed by atoms with E-state index in [4.69, 9.17) is 17.0 Å². The largest absolute Gasteiger partial charge is 0.486 e. The highest BCUT2D eigenvalue weighted by Gasteiger charge is 2.31. The monoisotopic (exact) mass is 324 g/mol. The molecule has 0 aliphatic carbocycles. The van der Waals surface area contributed by atoms with E-state index in [1.54, 1.807) is 24.3 Å². The Labute approximate surface area is 130 Å². The van der Waals surface area contributed by atoms with Crippen molar-refractivity contribution in [2.24, 2.45) is 0 Å². The molecular formula is C16H11F3O2S. The Morgan fingerprint density at radius 3 is 2.41 bits per heavy atom. The molecule has 0 N–H and O–H groups in total. The second-order valence-corrected chi connectivity index (χ2v) is 4.83. The molecule has 0 aliphatic heterocycles. The van der Waals surface area contributed by atoms with E-state index in [1.807, 2.05) is 0 Å². The van der Waals surface area contributed by atoms with Gasteiger partial charge in [-0.1, -0.05) is 24.3 Å². The van der Waals surface area contributed by atoms with E-state index in [0.29, 0.717) is 23.0 Å². The zero-order valence-electron chi connectivity index (χ0n) is 11.5. The average Bonchev–Trinajstić information content (AvgIpc) is 2.52. The van der Waals surface area contributed by atoms with Gasteiger partial charge in [-0.05, 0) is 41.5 Å². The molecule has 0 aromatic heterocycles. The zero-order chi connectivity index (χ0) is 16.3. The topological polar surface area (TPSA) is 26.3 Å². The lowest BCUT2D eigenvalue weighted by Crippen LogP contribution is -2.07. The third-order valence-corrected chi connectivity index (χ3v) is 3.51. The number of rotatable bonds is 3. The van der Waals surface area contributed by atoms with Crippen molar-refractivity contribution in [1.29, 1.82) is 0 Å². The van der Waals surface area contributed by atoms with Crippen molar-refractivity contribution in [3.8, 4) is 11.1 Å². The van der Waals surface area contributed by atoms with Gasteiger partial charge in [-0.15, -0.1) is 0 Å². The maximum atomic E-state index is 12.7. The van der Waals surface area contributed by atoms with Gasteiger partial charge in [0.15, 0.2) is 11.3 Å². The van der Waals surface area contributed by atoms with Gasteiger partial charge in [0.1, 0.15) is 0 Å². The summed E-state index contributed by atoms with van der Waals surface area (Å²) in [5.74, 6) is 0. The SMILES string of the molecule is COC(=S)c1ccccc1-c1ccc(C(F)(F)F)cc1C=O. The van der Waals surface area contributed by atoms with Crippen LogP contribution in [0.15, 0.2) is 42.5 Å². The molecule has 22 heavy (non-hydrogen) atoms. The molecule has 0 atom stereocenters. The van der Waals surface area contributed by atoms with E-state index in [0.717, 1.165) is 12.1 Å². The molecular weight excluding hydrogens is 313 g/mol.